The molecule has 124 valence electrons. The van der Waals surface area contributed by atoms with E-state index < -0.39 is 28.3 Å². The van der Waals surface area contributed by atoms with Gasteiger partial charge in [0.1, 0.15) is 11.0 Å². The lowest BCUT2D eigenvalue weighted by Gasteiger charge is -2.01. The van der Waals surface area contributed by atoms with Crippen molar-refractivity contribution in [1.82, 2.24) is 10.6 Å². The molecule has 0 spiro atoms. The number of amidine groups is 1. The van der Waals surface area contributed by atoms with Crippen molar-refractivity contribution in [3.8, 4) is 0 Å². The molecular formula is C13H9N3O6S2. The van der Waals surface area contributed by atoms with Crippen molar-refractivity contribution in [3.05, 3.63) is 29.1 Å². The van der Waals surface area contributed by atoms with Gasteiger partial charge in [-0.2, -0.15) is 0 Å². The molecule has 11 heteroatoms. The molecule has 0 radical (unpaired) electrons. The summed E-state index contributed by atoms with van der Waals surface area (Å²) in [7, 11) is 0. The molecule has 2 N–H and O–H groups in total. The fourth-order valence-electron chi connectivity index (χ4n) is 1.78. The van der Waals surface area contributed by atoms with E-state index in [1.165, 1.54) is 12.3 Å². The fourth-order valence-corrected chi connectivity index (χ4v) is 3.33. The molecule has 2 aliphatic rings. The van der Waals surface area contributed by atoms with Gasteiger partial charge in [0.05, 0.1) is 17.6 Å². The number of hydrogen-bond donors (Lipinski definition) is 2. The minimum absolute atomic E-state index is 0.0887. The molecule has 3 rings (SSSR count). The van der Waals surface area contributed by atoms with Gasteiger partial charge in [-0.3, -0.25) is 25.0 Å². The van der Waals surface area contributed by atoms with Crippen molar-refractivity contribution in [2.24, 2.45) is 5.16 Å². The van der Waals surface area contributed by atoms with Crippen LogP contribution in [0.1, 0.15) is 12.2 Å². The van der Waals surface area contributed by atoms with Gasteiger partial charge < -0.3 is 9.25 Å². The molecule has 1 atom stereocenters. The first-order valence-corrected chi connectivity index (χ1v) is 8.24. The number of oxime groups is 1. The number of carbonyl (C=O) groups excluding carboxylic acids is 4. The van der Waals surface area contributed by atoms with Gasteiger partial charge in [-0.15, -0.1) is 0 Å². The summed E-state index contributed by atoms with van der Waals surface area (Å²) < 4.78 is 5.11. The van der Waals surface area contributed by atoms with Crippen LogP contribution in [0.15, 0.2) is 32.9 Å². The van der Waals surface area contributed by atoms with Crippen LogP contribution in [0.25, 0.3) is 6.08 Å². The first kappa shape index (κ1) is 16.3. The molecule has 0 aliphatic carbocycles. The van der Waals surface area contributed by atoms with Gasteiger partial charge in [-0.05, 0) is 29.1 Å². The molecule has 9 nitrogen and oxygen atoms in total. The molecular weight excluding hydrogens is 358 g/mol. The first-order valence-electron chi connectivity index (χ1n) is 6.55. The van der Waals surface area contributed by atoms with E-state index in [9.17, 15) is 19.2 Å². The van der Waals surface area contributed by atoms with Crippen molar-refractivity contribution < 1.29 is 28.4 Å². The van der Waals surface area contributed by atoms with Crippen LogP contribution in [0, 0.1) is 0 Å². The van der Waals surface area contributed by atoms with Crippen LogP contribution in [-0.4, -0.2) is 33.4 Å². The van der Waals surface area contributed by atoms with E-state index in [1.807, 2.05) is 0 Å². The minimum atomic E-state index is -0.828. The monoisotopic (exact) mass is 367 g/mol. The number of carbonyl (C=O) groups is 4. The van der Waals surface area contributed by atoms with E-state index in [2.05, 4.69) is 20.6 Å². The van der Waals surface area contributed by atoms with Crippen LogP contribution in [0.2, 0.25) is 0 Å². The lowest BCUT2D eigenvalue weighted by Crippen LogP contribution is -2.26. The average molecular weight is 367 g/mol. The van der Waals surface area contributed by atoms with Crippen molar-refractivity contribution in [2.45, 2.75) is 11.7 Å². The Kier molecular flexibility index (Phi) is 4.71. The van der Waals surface area contributed by atoms with Gasteiger partial charge >= 0.3 is 5.97 Å². The Morgan fingerprint density at radius 1 is 1.38 bits per heavy atom. The Labute approximate surface area is 143 Å². The third-order valence-corrected chi connectivity index (χ3v) is 4.69. The summed E-state index contributed by atoms with van der Waals surface area (Å²) in [5.41, 5.74) is 0. The minimum Gasteiger partial charge on any atom is -0.465 e. The largest absolute Gasteiger partial charge is 0.465 e. The summed E-state index contributed by atoms with van der Waals surface area (Å²) in [6.45, 7) is 0. The van der Waals surface area contributed by atoms with Crippen molar-refractivity contribution in [1.29, 1.82) is 0 Å². The van der Waals surface area contributed by atoms with Gasteiger partial charge in [0.25, 0.3) is 11.1 Å². The standard InChI is InChI=1S/C13H9N3O6S2/c17-9(5-8-11(19)15-13(20)24-8)22-16-12-14-10(18)7(23-12)4-6-2-1-3-21-6/h1-4,8H,5H2,(H,14,16,18)(H,15,19,20)/b7-4+/t8-/m1/s1. The van der Waals surface area contributed by atoms with Crippen molar-refractivity contribution in [3.63, 3.8) is 0 Å². The number of amides is 3. The summed E-state index contributed by atoms with van der Waals surface area (Å²) in [4.78, 5) is 50.7. The highest BCUT2D eigenvalue weighted by molar-refractivity contribution is 8.18. The first-order chi connectivity index (χ1) is 11.5. The Morgan fingerprint density at radius 2 is 2.21 bits per heavy atom. The number of nitrogens with one attached hydrogen (secondary N) is 2. The smallest absolute Gasteiger partial charge is 0.336 e. The van der Waals surface area contributed by atoms with Crippen LogP contribution in [0.4, 0.5) is 4.79 Å². The van der Waals surface area contributed by atoms with Gasteiger partial charge in [0, 0.05) is 6.08 Å². The normalized spacial score (nSPS) is 23.7. The maximum Gasteiger partial charge on any atom is 0.336 e. The SMILES string of the molecule is O=C(C[C@H]1SC(=O)NC1=O)O/N=C1/NC(=O)/C(=C\c2ccco2)S1. The predicted molar refractivity (Wildman–Crippen MR) is 85.5 cm³/mol. The second-order valence-electron chi connectivity index (χ2n) is 4.53. The number of rotatable bonds is 4. The number of furan rings is 1. The van der Waals surface area contributed by atoms with E-state index in [0.29, 0.717) is 10.7 Å². The molecule has 1 aromatic heterocycles. The second kappa shape index (κ2) is 6.93. The molecule has 0 unspecified atom stereocenters. The Balaban J connectivity index is 1.55. The number of thioether (sulfide) groups is 2. The second-order valence-corrected chi connectivity index (χ2v) is 6.73. The molecule has 0 saturated carbocycles. The lowest BCUT2D eigenvalue weighted by molar-refractivity contribution is -0.144. The van der Waals surface area contributed by atoms with Crippen molar-refractivity contribution >= 4 is 57.8 Å². The lowest BCUT2D eigenvalue weighted by atomic mass is 10.3. The van der Waals surface area contributed by atoms with Crippen LogP contribution in [-0.2, 0) is 19.2 Å². The highest BCUT2D eigenvalue weighted by Crippen LogP contribution is 2.26. The molecule has 2 saturated heterocycles. The summed E-state index contributed by atoms with van der Waals surface area (Å²) in [6, 6.07) is 3.37. The molecule has 24 heavy (non-hydrogen) atoms. The summed E-state index contributed by atoms with van der Waals surface area (Å²) in [6.07, 6.45) is 2.70. The average Bonchev–Trinajstić information content (AvgIpc) is 3.21. The number of nitrogens with zero attached hydrogens (tertiary/aromatic N) is 1. The van der Waals surface area contributed by atoms with E-state index in [-0.39, 0.29) is 11.6 Å². The summed E-state index contributed by atoms with van der Waals surface area (Å²) >= 11 is 1.70. The molecule has 0 aromatic carbocycles. The van der Waals surface area contributed by atoms with Crippen LogP contribution in [0.3, 0.4) is 0 Å². The molecule has 2 fully saturated rings. The Morgan fingerprint density at radius 3 is 2.88 bits per heavy atom. The number of imide groups is 1. The Bertz CT molecular complexity index is 771. The van der Waals surface area contributed by atoms with E-state index in [4.69, 9.17) is 4.42 Å². The van der Waals surface area contributed by atoms with Crippen LogP contribution in [0.5, 0.6) is 0 Å². The summed E-state index contributed by atoms with van der Waals surface area (Å²) in [5, 5.41) is 6.79. The maximum atomic E-state index is 11.8. The zero-order valence-corrected chi connectivity index (χ0v) is 13.4. The molecule has 2 aliphatic heterocycles. The predicted octanol–water partition coefficient (Wildman–Crippen LogP) is 1.04. The zero-order chi connectivity index (χ0) is 17.1. The van der Waals surface area contributed by atoms with Crippen LogP contribution >= 0.6 is 23.5 Å². The topological polar surface area (TPSA) is 127 Å². The van der Waals surface area contributed by atoms with Crippen molar-refractivity contribution in [2.75, 3.05) is 0 Å². The van der Waals surface area contributed by atoms with E-state index in [1.54, 1.807) is 12.1 Å². The molecule has 0 bridgehead atoms. The molecule has 1 aromatic rings. The van der Waals surface area contributed by atoms with E-state index >= 15 is 0 Å². The van der Waals surface area contributed by atoms with Crippen LogP contribution < -0.4 is 10.6 Å². The van der Waals surface area contributed by atoms with Gasteiger partial charge in [-0.1, -0.05) is 11.8 Å². The fraction of sp³-hybridized carbons (Fsp3) is 0.154. The van der Waals surface area contributed by atoms with Gasteiger partial charge in [-0.25, -0.2) is 4.79 Å². The zero-order valence-electron chi connectivity index (χ0n) is 11.8. The van der Waals surface area contributed by atoms with E-state index in [0.717, 1.165) is 23.5 Å². The maximum absolute atomic E-state index is 11.8. The molecule has 3 heterocycles. The highest BCUT2D eigenvalue weighted by atomic mass is 32.2. The van der Waals surface area contributed by atoms with Gasteiger partial charge in [0.2, 0.25) is 11.1 Å². The molecule has 3 amide bonds. The van der Waals surface area contributed by atoms with Gasteiger partial charge in [0.15, 0.2) is 0 Å². The third kappa shape index (κ3) is 3.86. The Hall–Kier alpha value is -2.53. The number of hydrogen-bond acceptors (Lipinski definition) is 9. The quantitative estimate of drug-likeness (QED) is 0.459. The third-order valence-electron chi connectivity index (χ3n) is 2.82. The summed E-state index contributed by atoms with van der Waals surface area (Å²) in [5.74, 6) is -1.23. The highest BCUT2D eigenvalue weighted by Gasteiger charge is 2.34.